The first-order valence-electron chi connectivity index (χ1n) is 6.00. The Morgan fingerprint density at radius 3 is 2.89 bits per heavy atom. The fourth-order valence-electron chi connectivity index (χ4n) is 1.88. The van der Waals surface area contributed by atoms with Crippen molar-refractivity contribution in [2.24, 2.45) is 0 Å². The van der Waals surface area contributed by atoms with E-state index < -0.39 is 0 Å². The lowest BCUT2D eigenvalue weighted by atomic mass is 10.1. The summed E-state index contributed by atoms with van der Waals surface area (Å²) >= 11 is 3.40. The number of hydrogen-bond donors (Lipinski definition) is 0. The lowest BCUT2D eigenvalue weighted by molar-refractivity contribution is 0.0989. The first-order valence-corrected chi connectivity index (χ1v) is 6.79. The predicted molar refractivity (Wildman–Crippen MR) is 74.7 cm³/mol. The van der Waals surface area contributed by atoms with E-state index >= 15 is 0 Å². The van der Waals surface area contributed by atoms with Crippen molar-refractivity contribution in [3.05, 3.63) is 52.5 Å². The number of ketones is 1. The molecule has 0 saturated carbocycles. The Balaban J connectivity index is 2.17. The molecule has 0 amide bonds. The van der Waals surface area contributed by atoms with Crippen LogP contribution in [0.25, 0.3) is 0 Å². The van der Waals surface area contributed by atoms with Gasteiger partial charge in [-0.2, -0.15) is 0 Å². The van der Waals surface area contributed by atoms with Gasteiger partial charge in [-0.05, 0) is 12.5 Å². The number of Topliss-reactive ketones (excluding diaryl/α,β-unsaturated/α-hetero) is 1. The molecule has 0 aliphatic rings. The topological polar surface area (TPSA) is 34.9 Å². The minimum atomic E-state index is 0.0889. The van der Waals surface area contributed by atoms with Crippen molar-refractivity contribution in [1.82, 2.24) is 9.55 Å². The Kier molecular flexibility index (Phi) is 4.31. The lowest BCUT2D eigenvalue weighted by Gasteiger charge is -2.06. The van der Waals surface area contributed by atoms with Crippen LogP contribution >= 0.6 is 15.9 Å². The molecule has 1 aromatic heterocycles. The first kappa shape index (κ1) is 13.0. The molecule has 0 spiro atoms. The highest BCUT2D eigenvalue weighted by atomic mass is 79.9. The van der Waals surface area contributed by atoms with Crippen LogP contribution in [-0.2, 0) is 13.0 Å². The average Bonchev–Trinajstić information content (AvgIpc) is 2.78. The van der Waals surface area contributed by atoms with Crippen molar-refractivity contribution in [3.8, 4) is 0 Å². The minimum Gasteiger partial charge on any atom is -0.335 e. The number of rotatable bonds is 5. The highest BCUT2D eigenvalue weighted by Crippen LogP contribution is 2.18. The quantitative estimate of drug-likeness (QED) is 0.793. The number of nitrogens with zero attached hydrogens (tertiary/aromatic N) is 2. The van der Waals surface area contributed by atoms with Gasteiger partial charge in [-0.15, -0.1) is 0 Å². The van der Waals surface area contributed by atoms with Gasteiger partial charge in [0.15, 0.2) is 5.78 Å². The molecule has 0 aliphatic carbocycles. The number of aryl methyl sites for hydroxylation is 1. The normalized spacial score (nSPS) is 10.6. The average molecular weight is 307 g/mol. The zero-order valence-corrected chi connectivity index (χ0v) is 11.9. The van der Waals surface area contributed by atoms with Crippen molar-refractivity contribution in [2.45, 2.75) is 26.3 Å². The van der Waals surface area contributed by atoms with E-state index in [0.717, 1.165) is 23.3 Å². The smallest absolute Gasteiger partial charge is 0.171 e. The van der Waals surface area contributed by atoms with Gasteiger partial charge in [-0.3, -0.25) is 4.79 Å². The number of benzene rings is 1. The first-order chi connectivity index (χ1) is 8.72. The molecule has 1 aromatic carbocycles. The van der Waals surface area contributed by atoms with Gasteiger partial charge in [0.1, 0.15) is 5.82 Å². The Morgan fingerprint density at radius 1 is 1.39 bits per heavy atom. The van der Waals surface area contributed by atoms with Gasteiger partial charge in [0.25, 0.3) is 0 Å². The van der Waals surface area contributed by atoms with E-state index in [2.05, 4.69) is 27.8 Å². The standard InChI is InChI=1S/C14H15BrN2O/c1-2-8-17-9-7-16-14(17)10-13(18)11-5-3-4-6-12(11)15/h3-7,9H,2,8,10H2,1H3. The minimum absolute atomic E-state index is 0.0889. The summed E-state index contributed by atoms with van der Waals surface area (Å²) in [6.45, 7) is 3.01. The maximum Gasteiger partial charge on any atom is 0.171 e. The molecule has 4 heteroatoms. The Hall–Kier alpha value is -1.42. The van der Waals surface area contributed by atoms with Gasteiger partial charge in [0.2, 0.25) is 0 Å². The van der Waals surface area contributed by atoms with Gasteiger partial charge in [0.05, 0.1) is 6.42 Å². The summed E-state index contributed by atoms with van der Waals surface area (Å²) in [4.78, 5) is 16.5. The predicted octanol–water partition coefficient (Wildman–Crippen LogP) is 3.48. The number of hydrogen-bond acceptors (Lipinski definition) is 2. The van der Waals surface area contributed by atoms with E-state index in [1.54, 1.807) is 6.20 Å². The molecule has 0 unspecified atom stereocenters. The summed E-state index contributed by atoms with van der Waals surface area (Å²) in [7, 11) is 0. The van der Waals surface area contributed by atoms with Crippen molar-refractivity contribution < 1.29 is 4.79 Å². The molecule has 0 atom stereocenters. The second kappa shape index (κ2) is 5.96. The van der Waals surface area contributed by atoms with E-state index in [-0.39, 0.29) is 5.78 Å². The van der Waals surface area contributed by atoms with Crippen LogP contribution in [0.3, 0.4) is 0 Å². The Labute approximate surface area is 115 Å². The third-order valence-electron chi connectivity index (χ3n) is 2.76. The van der Waals surface area contributed by atoms with Crippen LogP contribution < -0.4 is 0 Å². The highest BCUT2D eigenvalue weighted by Gasteiger charge is 2.13. The van der Waals surface area contributed by atoms with Crippen LogP contribution in [0.15, 0.2) is 41.1 Å². The summed E-state index contributed by atoms with van der Waals surface area (Å²) in [6, 6.07) is 7.49. The third kappa shape index (κ3) is 2.88. The van der Waals surface area contributed by atoms with Gasteiger partial charge in [-0.1, -0.05) is 41.1 Å². The van der Waals surface area contributed by atoms with Crippen LogP contribution in [0.5, 0.6) is 0 Å². The molecule has 2 aromatic rings. The molecular formula is C14H15BrN2O. The number of halogens is 1. The SMILES string of the molecule is CCCn1ccnc1CC(=O)c1ccccc1Br. The molecular weight excluding hydrogens is 292 g/mol. The fraction of sp³-hybridized carbons (Fsp3) is 0.286. The van der Waals surface area contributed by atoms with Crippen LogP contribution in [-0.4, -0.2) is 15.3 Å². The third-order valence-corrected chi connectivity index (χ3v) is 3.45. The molecule has 18 heavy (non-hydrogen) atoms. The van der Waals surface area contributed by atoms with E-state index in [1.807, 2.05) is 35.0 Å². The van der Waals surface area contributed by atoms with Crippen molar-refractivity contribution in [1.29, 1.82) is 0 Å². The van der Waals surface area contributed by atoms with Crippen LogP contribution in [0, 0.1) is 0 Å². The van der Waals surface area contributed by atoms with Crippen molar-refractivity contribution >= 4 is 21.7 Å². The Morgan fingerprint density at radius 2 is 2.17 bits per heavy atom. The maximum absolute atomic E-state index is 12.2. The molecule has 3 nitrogen and oxygen atoms in total. The molecule has 0 radical (unpaired) electrons. The van der Waals surface area contributed by atoms with Gasteiger partial charge in [-0.25, -0.2) is 4.98 Å². The molecule has 0 saturated heterocycles. The number of carbonyl (C=O) groups excluding carboxylic acids is 1. The molecule has 0 fully saturated rings. The summed E-state index contributed by atoms with van der Waals surface area (Å²) in [5.74, 6) is 0.920. The maximum atomic E-state index is 12.2. The fourth-order valence-corrected chi connectivity index (χ4v) is 2.38. The molecule has 2 rings (SSSR count). The molecule has 1 heterocycles. The van der Waals surface area contributed by atoms with E-state index in [9.17, 15) is 4.79 Å². The van der Waals surface area contributed by atoms with Crippen molar-refractivity contribution in [2.75, 3.05) is 0 Å². The monoisotopic (exact) mass is 306 g/mol. The van der Waals surface area contributed by atoms with Crippen LogP contribution in [0.1, 0.15) is 29.5 Å². The van der Waals surface area contributed by atoms with Crippen molar-refractivity contribution in [3.63, 3.8) is 0 Å². The largest absolute Gasteiger partial charge is 0.335 e. The lowest BCUT2D eigenvalue weighted by Crippen LogP contribution is -2.10. The Bertz CT molecular complexity index is 548. The van der Waals surface area contributed by atoms with E-state index in [4.69, 9.17) is 0 Å². The van der Waals surface area contributed by atoms with E-state index in [0.29, 0.717) is 12.0 Å². The molecule has 0 aliphatic heterocycles. The van der Waals surface area contributed by atoms with Crippen LogP contribution in [0.2, 0.25) is 0 Å². The van der Waals surface area contributed by atoms with Crippen LogP contribution in [0.4, 0.5) is 0 Å². The number of carbonyl (C=O) groups is 1. The zero-order valence-electron chi connectivity index (χ0n) is 10.3. The molecule has 0 N–H and O–H groups in total. The summed E-state index contributed by atoms with van der Waals surface area (Å²) < 4.78 is 2.87. The molecule has 0 bridgehead atoms. The van der Waals surface area contributed by atoms with Gasteiger partial charge in [0, 0.05) is 29.0 Å². The number of imidazole rings is 1. The van der Waals surface area contributed by atoms with Gasteiger partial charge < -0.3 is 4.57 Å². The zero-order chi connectivity index (χ0) is 13.0. The summed E-state index contributed by atoms with van der Waals surface area (Å²) in [5.41, 5.74) is 0.712. The second-order valence-corrected chi connectivity index (χ2v) is 4.97. The highest BCUT2D eigenvalue weighted by molar-refractivity contribution is 9.10. The van der Waals surface area contributed by atoms with Gasteiger partial charge >= 0.3 is 0 Å². The molecule has 94 valence electrons. The van der Waals surface area contributed by atoms with E-state index in [1.165, 1.54) is 0 Å². The summed E-state index contributed by atoms with van der Waals surface area (Å²) in [6.07, 6.45) is 5.05. The summed E-state index contributed by atoms with van der Waals surface area (Å²) in [5, 5.41) is 0. The second-order valence-electron chi connectivity index (χ2n) is 4.12. The number of aromatic nitrogens is 2.